The fourth-order valence-electron chi connectivity index (χ4n) is 3.17. The molecule has 1 aromatic carbocycles. The molecule has 0 spiro atoms. The number of primary amides is 1. The average Bonchev–Trinajstić information content (AvgIpc) is 2.93. The number of urea groups is 1. The first kappa shape index (κ1) is 20.7. The van der Waals surface area contributed by atoms with E-state index in [1.807, 2.05) is 18.7 Å². The number of benzene rings is 1. The van der Waals surface area contributed by atoms with Gasteiger partial charge in [-0.3, -0.25) is 9.59 Å². The van der Waals surface area contributed by atoms with Crippen molar-refractivity contribution < 1.29 is 14.4 Å². The highest BCUT2D eigenvalue weighted by Gasteiger charge is 2.24. The Morgan fingerprint density at radius 3 is 2.19 bits per heavy atom. The van der Waals surface area contributed by atoms with Crippen LogP contribution in [0.4, 0.5) is 4.79 Å². The van der Waals surface area contributed by atoms with Gasteiger partial charge in [0.1, 0.15) is 6.54 Å². The molecule has 1 saturated heterocycles. The van der Waals surface area contributed by atoms with Crippen molar-refractivity contribution in [3.8, 4) is 0 Å². The van der Waals surface area contributed by atoms with Gasteiger partial charge >= 0.3 is 6.03 Å². The summed E-state index contributed by atoms with van der Waals surface area (Å²) in [5.41, 5.74) is 6.43. The monoisotopic (exact) mass is 374 g/mol. The number of rotatable bonds is 6. The van der Waals surface area contributed by atoms with Crippen LogP contribution in [0.1, 0.15) is 55.5 Å². The van der Waals surface area contributed by atoms with Gasteiger partial charge in [-0.15, -0.1) is 0 Å². The van der Waals surface area contributed by atoms with E-state index in [9.17, 15) is 14.4 Å². The Kier molecular flexibility index (Phi) is 7.64. The topological polar surface area (TPSA) is 95.7 Å². The number of amides is 4. The lowest BCUT2D eigenvalue weighted by molar-refractivity contribution is -0.132. The largest absolute Gasteiger partial charge is 0.352 e. The second-order valence-electron chi connectivity index (χ2n) is 7.24. The smallest absolute Gasteiger partial charge is 0.312 e. The number of nitrogens with two attached hydrogens (primary N) is 1. The number of carbonyl (C=O) groups is 3. The molecule has 0 radical (unpaired) electrons. The molecule has 0 saturated carbocycles. The van der Waals surface area contributed by atoms with E-state index in [4.69, 9.17) is 5.73 Å². The average molecular weight is 374 g/mol. The highest BCUT2D eigenvalue weighted by molar-refractivity contribution is 5.96. The summed E-state index contributed by atoms with van der Waals surface area (Å²) in [6, 6.07) is 6.31. The van der Waals surface area contributed by atoms with Gasteiger partial charge in [0, 0.05) is 31.2 Å². The van der Waals surface area contributed by atoms with Crippen LogP contribution in [0.25, 0.3) is 0 Å². The predicted molar refractivity (Wildman–Crippen MR) is 104 cm³/mol. The molecule has 3 N–H and O–H groups in total. The van der Waals surface area contributed by atoms with Crippen LogP contribution in [0.2, 0.25) is 0 Å². The van der Waals surface area contributed by atoms with E-state index in [1.165, 1.54) is 0 Å². The normalized spacial score (nSPS) is 14.6. The van der Waals surface area contributed by atoms with Crippen molar-refractivity contribution in [2.75, 3.05) is 19.6 Å². The molecule has 27 heavy (non-hydrogen) atoms. The Balaban J connectivity index is 2.03. The maximum atomic E-state index is 12.9. The van der Waals surface area contributed by atoms with Crippen molar-refractivity contribution in [2.24, 2.45) is 5.73 Å². The molecule has 1 heterocycles. The summed E-state index contributed by atoms with van der Waals surface area (Å²) in [6.07, 6.45) is 4.38. The zero-order valence-corrected chi connectivity index (χ0v) is 16.2. The standard InChI is InChI=1S/C20H30N4O3/c1-15(2)24(14-18(25)23-11-5-3-4-6-12-23)19(26)17-9-7-16(8-10-17)13-22-20(21)27/h7-10,15H,3-6,11-14H2,1-2H3,(H3,21,22,27). The lowest BCUT2D eigenvalue weighted by atomic mass is 10.1. The van der Waals surface area contributed by atoms with Crippen LogP contribution in [0.15, 0.2) is 24.3 Å². The van der Waals surface area contributed by atoms with E-state index in [0.29, 0.717) is 12.1 Å². The van der Waals surface area contributed by atoms with Gasteiger partial charge in [0.05, 0.1) is 0 Å². The molecule has 0 atom stereocenters. The first-order valence-electron chi connectivity index (χ1n) is 9.59. The van der Waals surface area contributed by atoms with Crippen LogP contribution in [0, 0.1) is 0 Å². The van der Waals surface area contributed by atoms with E-state index >= 15 is 0 Å². The minimum atomic E-state index is -0.590. The van der Waals surface area contributed by atoms with Gasteiger partial charge in [0.2, 0.25) is 5.91 Å². The number of hydrogen-bond donors (Lipinski definition) is 2. The van der Waals surface area contributed by atoms with E-state index < -0.39 is 6.03 Å². The molecule has 1 fully saturated rings. The molecular weight excluding hydrogens is 344 g/mol. The van der Waals surface area contributed by atoms with Crippen LogP contribution in [-0.4, -0.2) is 53.3 Å². The summed E-state index contributed by atoms with van der Waals surface area (Å²) in [5.74, 6) is -0.149. The number of hydrogen-bond acceptors (Lipinski definition) is 3. The minimum Gasteiger partial charge on any atom is -0.352 e. The number of carbonyl (C=O) groups excluding carboxylic acids is 3. The highest BCUT2D eigenvalue weighted by atomic mass is 16.2. The molecule has 0 unspecified atom stereocenters. The maximum absolute atomic E-state index is 12.9. The van der Waals surface area contributed by atoms with Gasteiger partial charge in [-0.1, -0.05) is 25.0 Å². The second kappa shape index (κ2) is 9.94. The lowest BCUT2D eigenvalue weighted by Gasteiger charge is -2.29. The fraction of sp³-hybridized carbons (Fsp3) is 0.550. The van der Waals surface area contributed by atoms with Crippen molar-refractivity contribution in [3.63, 3.8) is 0 Å². The van der Waals surface area contributed by atoms with E-state index in [0.717, 1.165) is 44.3 Å². The molecule has 1 aromatic rings. The molecule has 2 rings (SSSR count). The molecule has 4 amide bonds. The zero-order valence-electron chi connectivity index (χ0n) is 16.2. The second-order valence-corrected chi connectivity index (χ2v) is 7.24. The predicted octanol–water partition coefficient (Wildman–Crippen LogP) is 2.11. The summed E-state index contributed by atoms with van der Waals surface area (Å²) in [6.45, 7) is 5.80. The van der Waals surface area contributed by atoms with Crippen molar-refractivity contribution >= 4 is 17.8 Å². The Labute approximate surface area is 160 Å². The molecule has 1 aliphatic heterocycles. The number of likely N-dealkylation sites (tertiary alicyclic amines) is 1. The van der Waals surface area contributed by atoms with E-state index in [1.54, 1.807) is 29.2 Å². The zero-order chi connectivity index (χ0) is 19.8. The molecular formula is C20H30N4O3. The van der Waals surface area contributed by atoms with Gasteiger partial charge in [-0.2, -0.15) is 0 Å². The van der Waals surface area contributed by atoms with Crippen molar-refractivity contribution in [3.05, 3.63) is 35.4 Å². The Morgan fingerprint density at radius 2 is 1.67 bits per heavy atom. The van der Waals surface area contributed by atoms with Gasteiger partial charge < -0.3 is 20.9 Å². The van der Waals surface area contributed by atoms with E-state index in [2.05, 4.69) is 5.32 Å². The summed E-state index contributed by atoms with van der Waals surface area (Å²) in [5, 5.41) is 2.51. The number of nitrogens with one attached hydrogen (secondary N) is 1. The molecule has 0 bridgehead atoms. The van der Waals surface area contributed by atoms with Gasteiger partial charge in [-0.25, -0.2) is 4.79 Å². The first-order valence-corrected chi connectivity index (χ1v) is 9.59. The Bertz CT molecular complexity index is 650. The van der Waals surface area contributed by atoms with Crippen LogP contribution in [0.5, 0.6) is 0 Å². The first-order chi connectivity index (χ1) is 12.9. The minimum absolute atomic E-state index is 0.0150. The SMILES string of the molecule is CC(C)N(CC(=O)N1CCCCCC1)C(=O)c1ccc(CNC(N)=O)cc1. The molecule has 7 heteroatoms. The number of nitrogens with zero attached hydrogens (tertiary/aromatic N) is 2. The molecule has 0 aromatic heterocycles. The van der Waals surface area contributed by atoms with Crippen LogP contribution < -0.4 is 11.1 Å². The molecule has 7 nitrogen and oxygen atoms in total. The summed E-state index contributed by atoms with van der Waals surface area (Å²) in [7, 11) is 0. The van der Waals surface area contributed by atoms with Crippen LogP contribution in [0.3, 0.4) is 0 Å². The summed E-state index contributed by atoms with van der Waals surface area (Å²) < 4.78 is 0. The third-order valence-corrected chi connectivity index (χ3v) is 4.82. The van der Waals surface area contributed by atoms with Crippen molar-refractivity contribution in [2.45, 2.75) is 52.1 Å². The van der Waals surface area contributed by atoms with Gasteiger partial charge in [0.15, 0.2) is 0 Å². The summed E-state index contributed by atoms with van der Waals surface area (Å²) >= 11 is 0. The molecule has 148 valence electrons. The van der Waals surface area contributed by atoms with Crippen LogP contribution in [-0.2, 0) is 11.3 Å². The van der Waals surface area contributed by atoms with Crippen molar-refractivity contribution in [1.82, 2.24) is 15.1 Å². The van der Waals surface area contributed by atoms with Gasteiger partial charge in [-0.05, 0) is 44.4 Å². The lowest BCUT2D eigenvalue weighted by Crippen LogP contribution is -2.46. The molecule has 1 aliphatic rings. The quantitative estimate of drug-likeness (QED) is 0.798. The summed E-state index contributed by atoms with van der Waals surface area (Å²) in [4.78, 5) is 39.9. The highest BCUT2D eigenvalue weighted by Crippen LogP contribution is 2.14. The van der Waals surface area contributed by atoms with Crippen molar-refractivity contribution in [1.29, 1.82) is 0 Å². The van der Waals surface area contributed by atoms with Gasteiger partial charge in [0.25, 0.3) is 5.91 Å². The Morgan fingerprint density at radius 1 is 1.07 bits per heavy atom. The molecule has 0 aliphatic carbocycles. The third-order valence-electron chi connectivity index (χ3n) is 4.82. The third kappa shape index (κ3) is 6.27. The maximum Gasteiger partial charge on any atom is 0.312 e. The van der Waals surface area contributed by atoms with Crippen LogP contribution >= 0.6 is 0 Å². The van der Waals surface area contributed by atoms with E-state index in [-0.39, 0.29) is 24.4 Å². The Hall–Kier alpha value is -2.57. The fourth-order valence-corrected chi connectivity index (χ4v) is 3.17.